The largest absolute Gasteiger partial charge is 0.481 e. The summed E-state index contributed by atoms with van der Waals surface area (Å²) in [6.45, 7) is 2.08. The van der Waals surface area contributed by atoms with Crippen LogP contribution in [0.5, 0.6) is 0 Å². The average molecular weight is 268 g/mol. The van der Waals surface area contributed by atoms with Crippen LogP contribution in [-0.4, -0.2) is 46.0 Å². The fourth-order valence-corrected chi connectivity index (χ4v) is 2.23. The van der Waals surface area contributed by atoms with Gasteiger partial charge >= 0.3 is 5.97 Å². The molecule has 2 rings (SSSR count). The van der Waals surface area contributed by atoms with E-state index in [4.69, 9.17) is 15.6 Å². The third-order valence-corrected chi connectivity index (χ3v) is 3.19. The van der Waals surface area contributed by atoms with Crippen molar-refractivity contribution in [3.8, 4) is 0 Å². The van der Waals surface area contributed by atoms with Crippen LogP contribution in [0.3, 0.4) is 0 Å². The molecule has 104 valence electrons. The Bertz CT molecular complexity index is 525. The van der Waals surface area contributed by atoms with Crippen LogP contribution in [0.2, 0.25) is 0 Å². The first-order valence-corrected chi connectivity index (χ1v) is 5.82. The molecule has 8 heteroatoms. The smallest absolute Gasteiger partial charge is 0.311 e. The summed E-state index contributed by atoms with van der Waals surface area (Å²) in [5.41, 5.74) is 6.10. The highest BCUT2D eigenvalue weighted by Gasteiger charge is 2.35. The lowest BCUT2D eigenvalue weighted by atomic mass is 10.0. The molecule has 1 aliphatic rings. The number of carboxylic acids is 1. The van der Waals surface area contributed by atoms with E-state index < -0.39 is 23.8 Å². The molecule has 1 amide bonds. The summed E-state index contributed by atoms with van der Waals surface area (Å²) in [5, 5.41) is 16.2. The number of hydrogen-bond donors (Lipinski definition) is 3. The number of carbonyl (C=O) groups is 2. The molecule has 1 saturated heterocycles. The van der Waals surface area contributed by atoms with Gasteiger partial charge in [-0.2, -0.15) is 5.10 Å². The van der Waals surface area contributed by atoms with Gasteiger partial charge in [-0.05, 0) is 6.92 Å². The zero-order chi connectivity index (χ0) is 14.2. The first-order chi connectivity index (χ1) is 8.91. The van der Waals surface area contributed by atoms with Gasteiger partial charge in [0.05, 0.1) is 24.9 Å². The number of nitrogens with two attached hydrogens (primary N) is 1. The number of primary amides is 1. The number of aromatic nitrogens is 2. The Kier molecular flexibility index (Phi) is 3.43. The minimum Gasteiger partial charge on any atom is -0.481 e. The molecule has 1 aromatic rings. The van der Waals surface area contributed by atoms with Crippen molar-refractivity contribution in [3.05, 3.63) is 11.3 Å². The second kappa shape index (κ2) is 4.88. The molecule has 4 N–H and O–H groups in total. The van der Waals surface area contributed by atoms with Gasteiger partial charge in [0.15, 0.2) is 0 Å². The van der Waals surface area contributed by atoms with Crippen LogP contribution >= 0.6 is 0 Å². The third kappa shape index (κ3) is 2.39. The van der Waals surface area contributed by atoms with Crippen molar-refractivity contribution in [2.45, 2.75) is 13.0 Å². The normalized spacial score (nSPS) is 22.4. The van der Waals surface area contributed by atoms with Gasteiger partial charge < -0.3 is 20.9 Å². The maximum Gasteiger partial charge on any atom is 0.311 e. The molecule has 19 heavy (non-hydrogen) atoms. The van der Waals surface area contributed by atoms with Gasteiger partial charge in [-0.1, -0.05) is 0 Å². The van der Waals surface area contributed by atoms with Crippen molar-refractivity contribution in [1.29, 1.82) is 0 Å². The average Bonchev–Trinajstić information content (AvgIpc) is 2.85. The van der Waals surface area contributed by atoms with E-state index in [0.29, 0.717) is 11.5 Å². The number of carboxylic acid groups (broad SMARTS) is 1. The number of amides is 1. The number of aryl methyl sites for hydroxylation is 2. The zero-order valence-electron chi connectivity index (χ0n) is 10.7. The lowest BCUT2D eigenvalue weighted by Crippen LogP contribution is -2.34. The summed E-state index contributed by atoms with van der Waals surface area (Å²) in [7, 11) is 1.66. The monoisotopic (exact) mass is 268 g/mol. The lowest BCUT2D eigenvalue weighted by Gasteiger charge is -2.17. The summed E-state index contributed by atoms with van der Waals surface area (Å²) >= 11 is 0. The molecule has 0 spiro atoms. The number of nitrogens with one attached hydrogen (secondary N) is 1. The summed E-state index contributed by atoms with van der Waals surface area (Å²) in [4.78, 5) is 22.5. The maximum atomic E-state index is 11.4. The van der Waals surface area contributed by atoms with Crippen LogP contribution in [0.15, 0.2) is 0 Å². The molecule has 0 aromatic carbocycles. The third-order valence-electron chi connectivity index (χ3n) is 3.19. The minimum absolute atomic E-state index is 0.149. The standard InChI is InChI=1S/C11H16N4O4/c1-5-8(9(12)16)10(15(2)14-5)13-7-4-19-3-6(7)11(17)18/h6-7,13H,3-4H2,1-2H3,(H2,12,16)(H,17,18). The number of rotatable bonds is 4. The molecule has 2 atom stereocenters. The minimum atomic E-state index is -0.936. The van der Waals surface area contributed by atoms with E-state index in [-0.39, 0.29) is 18.8 Å². The van der Waals surface area contributed by atoms with Gasteiger partial charge in [0, 0.05) is 7.05 Å². The van der Waals surface area contributed by atoms with Gasteiger partial charge in [0.25, 0.3) is 5.91 Å². The Morgan fingerprint density at radius 1 is 1.53 bits per heavy atom. The summed E-state index contributed by atoms with van der Waals surface area (Å²) < 4.78 is 6.64. The van der Waals surface area contributed by atoms with Crippen molar-refractivity contribution in [2.24, 2.45) is 18.7 Å². The van der Waals surface area contributed by atoms with E-state index in [1.165, 1.54) is 4.68 Å². The molecule has 0 saturated carbocycles. The van der Waals surface area contributed by atoms with E-state index in [2.05, 4.69) is 10.4 Å². The Hall–Kier alpha value is -2.09. The second-order valence-corrected chi connectivity index (χ2v) is 4.53. The zero-order valence-corrected chi connectivity index (χ0v) is 10.7. The highest BCUT2D eigenvalue weighted by molar-refractivity contribution is 5.99. The number of aliphatic carboxylic acids is 1. The maximum absolute atomic E-state index is 11.4. The number of carbonyl (C=O) groups excluding carboxylic acids is 1. The Balaban J connectivity index is 2.28. The van der Waals surface area contributed by atoms with Crippen molar-refractivity contribution in [3.63, 3.8) is 0 Å². The molecule has 2 heterocycles. The molecule has 1 aromatic heterocycles. The van der Waals surface area contributed by atoms with Crippen LogP contribution in [0.25, 0.3) is 0 Å². The van der Waals surface area contributed by atoms with E-state index in [1.807, 2.05) is 0 Å². The highest BCUT2D eigenvalue weighted by Crippen LogP contribution is 2.23. The van der Waals surface area contributed by atoms with Gasteiger partial charge in [-0.15, -0.1) is 0 Å². The van der Waals surface area contributed by atoms with Crippen molar-refractivity contribution >= 4 is 17.7 Å². The molecule has 1 fully saturated rings. The van der Waals surface area contributed by atoms with Crippen molar-refractivity contribution in [2.75, 3.05) is 18.5 Å². The predicted octanol–water partition coefficient (Wildman–Crippen LogP) is -0.661. The quantitative estimate of drug-likeness (QED) is 0.666. The predicted molar refractivity (Wildman–Crippen MR) is 65.8 cm³/mol. The number of ether oxygens (including phenoxy) is 1. The Morgan fingerprint density at radius 3 is 2.79 bits per heavy atom. The summed E-state index contributed by atoms with van der Waals surface area (Å²) in [5.74, 6) is -1.77. The SMILES string of the molecule is Cc1nn(C)c(NC2COCC2C(=O)O)c1C(N)=O. The fourth-order valence-electron chi connectivity index (χ4n) is 2.23. The summed E-state index contributed by atoms with van der Waals surface area (Å²) in [6, 6.07) is -0.412. The molecule has 8 nitrogen and oxygen atoms in total. The van der Waals surface area contributed by atoms with Crippen LogP contribution < -0.4 is 11.1 Å². The molecular formula is C11H16N4O4. The number of nitrogens with zero attached hydrogens (tertiary/aromatic N) is 2. The first-order valence-electron chi connectivity index (χ1n) is 5.82. The van der Waals surface area contributed by atoms with Crippen LogP contribution in [0.4, 0.5) is 5.82 Å². The van der Waals surface area contributed by atoms with Gasteiger partial charge in [0.2, 0.25) is 0 Å². The van der Waals surface area contributed by atoms with E-state index in [0.717, 1.165) is 0 Å². The molecule has 0 bridgehead atoms. The molecular weight excluding hydrogens is 252 g/mol. The second-order valence-electron chi connectivity index (χ2n) is 4.53. The fraction of sp³-hybridized carbons (Fsp3) is 0.545. The van der Waals surface area contributed by atoms with Crippen LogP contribution in [0, 0.1) is 12.8 Å². The highest BCUT2D eigenvalue weighted by atomic mass is 16.5. The first kappa shape index (κ1) is 13.3. The van der Waals surface area contributed by atoms with Crippen molar-refractivity contribution in [1.82, 2.24) is 9.78 Å². The Labute approximate surface area is 109 Å². The van der Waals surface area contributed by atoms with E-state index >= 15 is 0 Å². The molecule has 0 radical (unpaired) electrons. The Morgan fingerprint density at radius 2 is 2.21 bits per heavy atom. The molecule has 1 aliphatic heterocycles. The van der Waals surface area contributed by atoms with Gasteiger partial charge in [-0.3, -0.25) is 14.3 Å². The topological polar surface area (TPSA) is 119 Å². The van der Waals surface area contributed by atoms with Crippen LogP contribution in [-0.2, 0) is 16.6 Å². The number of anilines is 1. The van der Waals surface area contributed by atoms with Crippen LogP contribution in [0.1, 0.15) is 16.1 Å². The van der Waals surface area contributed by atoms with E-state index in [1.54, 1.807) is 14.0 Å². The van der Waals surface area contributed by atoms with Crippen molar-refractivity contribution < 1.29 is 19.4 Å². The van der Waals surface area contributed by atoms with Gasteiger partial charge in [0.1, 0.15) is 17.3 Å². The lowest BCUT2D eigenvalue weighted by molar-refractivity contribution is -0.141. The molecule has 2 unspecified atom stereocenters. The summed E-state index contributed by atoms with van der Waals surface area (Å²) in [6.07, 6.45) is 0. The van der Waals surface area contributed by atoms with Gasteiger partial charge in [-0.25, -0.2) is 0 Å². The molecule has 0 aliphatic carbocycles. The number of hydrogen-bond acceptors (Lipinski definition) is 5. The van der Waals surface area contributed by atoms with E-state index in [9.17, 15) is 9.59 Å².